The zero-order valence-electron chi connectivity index (χ0n) is 13.8. The topological polar surface area (TPSA) is 94.8 Å². The Labute approximate surface area is 143 Å². The van der Waals surface area contributed by atoms with Gasteiger partial charge in [0.1, 0.15) is 5.82 Å². The van der Waals surface area contributed by atoms with Crippen molar-refractivity contribution in [3.05, 3.63) is 53.5 Å². The van der Waals surface area contributed by atoms with Gasteiger partial charge in [0.2, 0.25) is 11.8 Å². The number of carbonyl (C=O) groups is 1. The first-order valence-corrected chi connectivity index (χ1v) is 7.84. The number of carbonyl (C=O) groups excluding carboxylic acids is 1. The fourth-order valence-electron chi connectivity index (χ4n) is 3.13. The van der Waals surface area contributed by atoms with Crippen LogP contribution in [0.15, 0.2) is 36.7 Å². The van der Waals surface area contributed by atoms with E-state index in [1.54, 1.807) is 29.2 Å². The van der Waals surface area contributed by atoms with E-state index in [2.05, 4.69) is 25.6 Å². The molecule has 3 aromatic heterocycles. The number of pyridine rings is 1. The number of rotatable bonds is 3. The molecule has 1 aliphatic rings. The fourth-order valence-corrected chi connectivity index (χ4v) is 3.13. The molecule has 0 aromatic carbocycles. The minimum absolute atomic E-state index is 0.0584. The van der Waals surface area contributed by atoms with Gasteiger partial charge in [-0.15, -0.1) is 10.2 Å². The number of methoxy groups -OCH3 is 1. The van der Waals surface area contributed by atoms with Crippen molar-refractivity contribution in [1.82, 2.24) is 25.0 Å². The third-order valence-electron chi connectivity index (χ3n) is 4.26. The summed E-state index contributed by atoms with van der Waals surface area (Å²) in [5, 5.41) is 15.6. The normalized spacial score (nSPS) is 16.2. The second-order valence-electron chi connectivity index (χ2n) is 5.78. The Morgan fingerprint density at radius 1 is 1.20 bits per heavy atom. The Morgan fingerprint density at radius 3 is 2.68 bits per heavy atom. The van der Waals surface area contributed by atoms with E-state index in [1.807, 2.05) is 19.1 Å². The van der Waals surface area contributed by atoms with Crippen molar-refractivity contribution < 1.29 is 9.53 Å². The van der Waals surface area contributed by atoms with Crippen LogP contribution < -0.4 is 10.1 Å². The highest BCUT2D eigenvalue weighted by Gasteiger charge is 2.32. The Morgan fingerprint density at radius 2 is 2.00 bits per heavy atom. The van der Waals surface area contributed by atoms with E-state index in [4.69, 9.17) is 4.74 Å². The van der Waals surface area contributed by atoms with E-state index in [0.717, 1.165) is 16.8 Å². The molecule has 1 atom stereocenters. The average Bonchev–Trinajstić information content (AvgIpc) is 2.98. The quantitative estimate of drug-likeness (QED) is 0.784. The van der Waals surface area contributed by atoms with E-state index in [-0.39, 0.29) is 11.8 Å². The number of aromatic nitrogens is 5. The predicted octanol–water partition coefficient (Wildman–Crippen LogP) is 1.85. The van der Waals surface area contributed by atoms with Crippen molar-refractivity contribution in [1.29, 1.82) is 0 Å². The van der Waals surface area contributed by atoms with Crippen LogP contribution >= 0.6 is 0 Å². The largest absolute Gasteiger partial charge is 0.480 e. The lowest BCUT2D eigenvalue weighted by atomic mass is 9.86. The molecule has 0 fully saturated rings. The number of hydrogen-bond donors (Lipinski definition) is 1. The monoisotopic (exact) mass is 336 g/mol. The van der Waals surface area contributed by atoms with Crippen molar-refractivity contribution in [2.24, 2.45) is 0 Å². The smallest absolute Gasteiger partial charge is 0.233 e. The predicted molar refractivity (Wildman–Crippen MR) is 89.8 cm³/mol. The van der Waals surface area contributed by atoms with E-state index in [1.165, 1.54) is 7.11 Å². The zero-order valence-corrected chi connectivity index (χ0v) is 13.8. The summed E-state index contributed by atoms with van der Waals surface area (Å²) in [5.74, 6) is 1.44. The number of nitrogens with one attached hydrogen (secondary N) is 1. The number of nitrogens with zero attached hydrogens (tertiary/aromatic N) is 5. The fraction of sp³-hybridized carbons (Fsp3) is 0.235. The molecule has 4 heterocycles. The molecule has 0 saturated carbocycles. The van der Waals surface area contributed by atoms with Gasteiger partial charge < -0.3 is 10.1 Å². The van der Waals surface area contributed by atoms with Crippen molar-refractivity contribution in [3.63, 3.8) is 0 Å². The van der Waals surface area contributed by atoms with Crippen LogP contribution in [0.4, 0.5) is 5.82 Å². The van der Waals surface area contributed by atoms with Crippen LogP contribution in [0, 0.1) is 6.92 Å². The minimum atomic E-state index is -0.0632. The first kappa shape index (κ1) is 15.3. The SMILES string of the molecule is COc1ccc(-n2nc(C)c3c2NC(=O)CC3c2ccncc2)nn1. The lowest BCUT2D eigenvalue weighted by Gasteiger charge is -2.24. The maximum absolute atomic E-state index is 12.3. The first-order chi connectivity index (χ1) is 12.2. The van der Waals surface area contributed by atoms with Gasteiger partial charge in [-0.05, 0) is 30.7 Å². The Kier molecular flexibility index (Phi) is 3.64. The molecule has 1 amide bonds. The van der Waals surface area contributed by atoms with Gasteiger partial charge in [0.15, 0.2) is 5.82 Å². The van der Waals surface area contributed by atoms with Gasteiger partial charge in [-0.2, -0.15) is 9.78 Å². The van der Waals surface area contributed by atoms with Crippen molar-refractivity contribution in [2.75, 3.05) is 12.4 Å². The first-order valence-electron chi connectivity index (χ1n) is 7.84. The second kappa shape index (κ2) is 5.97. The second-order valence-corrected chi connectivity index (χ2v) is 5.78. The molecule has 25 heavy (non-hydrogen) atoms. The molecule has 1 unspecified atom stereocenters. The molecule has 8 nitrogen and oxygen atoms in total. The van der Waals surface area contributed by atoms with Gasteiger partial charge in [-0.3, -0.25) is 9.78 Å². The summed E-state index contributed by atoms with van der Waals surface area (Å²) in [6, 6.07) is 7.31. The Balaban J connectivity index is 1.84. The van der Waals surface area contributed by atoms with Crippen LogP contribution in [0.25, 0.3) is 5.82 Å². The number of aryl methyl sites for hydroxylation is 1. The van der Waals surface area contributed by atoms with Gasteiger partial charge in [0.25, 0.3) is 0 Å². The zero-order chi connectivity index (χ0) is 17.4. The highest BCUT2D eigenvalue weighted by molar-refractivity contribution is 5.95. The molecule has 0 aliphatic carbocycles. The van der Waals surface area contributed by atoms with Crippen LogP contribution in [0.1, 0.15) is 29.2 Å². The summed E-state index contributed by atoms with van der Waals surface area (Å²) in [6.07, 6.45) is 3.84. The summed E-state index contributed by atoms with van der Waals surface area (Å²) >= 11 is 0. The molecular weight excluding hydrogens is 320 g/mol. The molecule has 8 heteroatoms. The highest BCUT2D eigenvalue weighted by atomic mass is 16.5. The van der Waals surface area contributed by atoms with E-state index in [9.17, 15) is 4.79 Å². The molecule has 1 N–H and O–H groups in total. The molecule has 0 radical (unpaired) electrons. The summed E-state index contributed by atoms with van der Waals surface area (Å²) < 4.78 is 6.65. The standard InChI is InChI=1S/C17H16N6O2/c1-10-16-12(11-5-7-18-8-6-11)9-14(24)19-17(16)23(22-10)13-3-4-15(25-2)21-20-13/h3-8,12H,9H2,1-2H3,(H,19,24). The van der Waals surface area contributed by atoms with Gasteiger partial charge in [-0.25, -0.2) is 0 Å². The number of ether oxygens (including phenoxy) is 1. The molecule has 0 saturated heterocycles. The van der Waals surface area contributed by atoms with Gasteiger partial charge >= 0.3 is 0 Å². The highest BCUT2D eigenvalue weighted by Crippen LogP contribution is 2.39. The molecular formula is C17H16N6O2. The number of fused-ring (bicyclic) bond motifs is 1. The van der Waals surface area contributed by atoms with Gasteiger partial charge in [-0.1, -0.05) is 0 Å². The van der Waals surface area contributed by atoms with Crippen LogP contribution in [0.5, 0.6) is 5.88 Å². The van der Waals surface area contributed by atoms with Gasteiger partial charge in [0.05, 0.1) is 12.8 Å². The van der Waals surface area contributed by atoms with Gasteiger partial charge in [0, 0.05) is 36.4 Å². The third-order valence-corrected chi connectivity index (χ3v) is 4.26. The summed E-state index contributed by atoms with van der Waals surface area (Å²) in [4.78, 5) is 16.3. The number of amides is 1. The molecule has 3 aromatic rings. The van der Waals surface area contributed by atoms with Crippen molar-refractivity contribution in [2.45, 2.75) is 19.3 Å². The van der Waals surface area contributed by atoms with E-state index >= 15 is 0 Å². The van der Waals surface area contributed by atoms with Crippen LogP contribution in [-0.4, -0.2) is 38.0 Å². The summed E-state index contributed by atoms with van der Waals surface area (Å²) in [6.45, 7) is 1.93. The minimum Gasteiger partial charge on any atom is -0.480 e. The maximum atomic E-state index is 12.3. The van der Waals surface area contributed by atoms with Crippen molar-refractivity contribution >= 4 is 11.7 Å². The molecule has 1 aliphatic heterocycles. The molecule has 0 bridgehead atoms. The maximum Gasteiger partial charge on any atom is 0.233 e. The number of anilines is 1. The summed E-state index contributed by atoms with van der Waals surface area (Å²) in [7, 11) is 1.53. The van der Waals surface area contributed by atoms with Crippen molar-refractivity contribution in [3.8, 4) is 11.7 Å². The van der Waals surface area contributed by atoms with Crippen LogP contribution in [0.3, 0.4) is 0 Å². The lowest BCUT2D eigenvalue weighted by Crippen LogP contribution is -2.25. The average molecular weight is 336 g/mol. The summed E-state index contributed by atoms with van der Waals surface area (Å²) in [5.41, 5.74) is 2.87. The van der Waals surface area contributed by atoms with E-state index < -0.39 is 0 Å². The number of hydrogen-bond acceptors (Lipinski definition) is 6. The molecule has 0 spiro atoms. The van der Waals surface area contributed by atoms with Crippen LogP contribution in [0.2, 0.25) is 0 Å². The van der Waals surface area contributed by atoms with E-state index in [0.29, 0.717) is 23.9 Å². The molecule has 126 valence electrons. The Bertz CT molecular complexity index is 920. The Hall–Kier alpha value is -3.29. The van der Waals surface area contributed by atoms with Crippen LogP contribution in [-0.2, 0) is 4.79 Å². The lowest BCUT2D eigenvalue weighted by molar-refractivity contribution is -0.116. The third kappa shape index (κ3) is 2.61. The molecule has 4 rings (SSSR count).